The molecule has 0 saturated carbocycles. The fourth-order valence-electron chi connectivity index (χ4n) is 0.789. The van der Waals surface area contributed by atoms with E-state index in [-0.39, 0.29) is 0 Å². The molecule has 0 bridgehead atoms. The number of nitrogens with two attached hydrogens (primary N) is 2. The number of thiophene rings is 1. The Morgan fingerprint density at radius 3 is 2.11 bits per heavy atom. The smallest absolute Gasteiger partial charge is 0.0794 e. The number of rotatable bonds is 3. The molecule has 0 unspecified atom stereocenters. The van der Waals surface area contributed by atoms with Gasteiger partial charge < -0.3 is 16.4 Å². The van der Waals surface area contributed by atoms with Crippen LogP contribution >= 0.6 is 11.3 Å². The van der Waals surface area contributed by atoms with Crippen molar-refractivity contribution in [2.24, 2.45) is 16.5 Å². The van der Waals surface area contributed by atoms with Crippen LogP contribution in [-0.4, -0.2) is 45.3 Å². The monoisotopic (exact) mass is 287 g/mol. The Morgan fingerprint density at radius 2 is 1.84 bits per heavy atom. The van der Waals surface area contributed by atoms with E-state index >= 15 is 0 Å². The molecule has 5 nitrogen and oxygen atoms in total. The van der Waals surface area contributed by atoms with Crippen LogP contribution in [0.3, 0.4) is 0 Å². The van der Waals surface area contributed by atoms with Crippen molar-refractivity contribution in [2.45, 2.75) is 20.3 Å². The van der Waals surface area contributed by atoms with E-state index in [4.69, 9.17) is 11.1 Å². The topological polar surface area (TPSA) is 91.5 Å². The fraction of sp³-hybridized carbons (Fsp3) is 0.538. The molecule has 0 aliphatic rings. The third-order valence-corrected chi connectivity index (χ3v) is 2.47. The van der Waals surface area contributed by atoms with Crippen LogP contribution in [0.15, 0.2) is 22.5 Å². The Labute approximate surface area is 121 Å². The second kappa shape index (κ2) is 21.8. The lowest BCUT2D eigenvalue weighted by Crippen LogP contribution is -2.14. The standard InChI is InChI=1S/C8H13NS.C2H6N2.C2H6.CH4N2/c1-9(2)6-5-8-4-3-7-10-8;1-4-2-3;1-2;2-1-3/h3-4,7H,5-6H2,1-2H3;2H,1H3,(H2,3,4);1-2H3;1H,(H3,2,3). The molecule has 5 N–H and O–H groups in total. The van der Waals surface area contributed by atoms with Crippen molar-refractivity contribution in [1.82, 2.24) is 4.90 Å². The normalized spacial score (nSPS) is 8.53. The first-order valence-electron chi connectivity index (χ1n) is 6.12. The molecular formula is C13H29N5S. The Bertz CT molecular complexity index is 267. The average Bonchev–Trinajstić information content (AvgIpc) is 2.93. The van der Waals surface area contributed by atoms with Crippen molar-refractivity contribution in [3.8, 4) is 0 Å². The summed E-state index contributed by atoms with van der Waals surface area (Å²) in [7, 11) is 5.83. The number of hydrogen-bond donors (Lipinski definition) is 3. The third kappa shape index (κ3) is 26.3. The van der Waals surface area contributed by atoms with E-state index in [1.807, 2.05) is 25.2 Å². The van der Waals surface area contributed by atoms with Crippen LogP contribution in [0.2, 0.25) is 0 Å². The molecule has 0 aliphatic carbocycles. The first kappa shape index (κ1) is 22.8. The van der Waals surface area contributed by atoms with Crippen LogP contribution in [0.25, 0.3) is 0 Å². The van der Waals surface area contributed by atoms with Crippen LogP contribution in [0.1, 0.15) is 18.7 Å². The minimum absolute atomic E-state index is 0.750. The summed E-state index contributed by atoms with van der Waals surface area (Å²) < 4.78 is 0. The van der Waals surface area contributed by atoms with Gasteiger partial charge in [0, 0.05) is 18.5 Å². The molecule has 1 rings (SSSR count). The molecule has 1 aromatic heterocycles. The molecule has 0 aromatic carbocycles. The predicted octanol–water partition coefficient (Wildman–Crippen LogP) is 2.03. The number of nitrogens with one attached hydrogen (secondary N) is 1. The van der Waals surface area contributed by atoms with Gasteiger partial charge in [-0.05, 0) is 32.0 Å². The Balaban J connectivity index is -0.000000239. The van der Waals surface area contributed by atoms with Gasteiger partial charge in [-0.15, -0.1) is 11.3 Å². The van der Waals surface area contributed by atoms with Crippen molar-refractivity contribution < 1.29 is 0 Å². The second-order valence-electron chi connectivity index (χ2n) is 3.21. The maximum atomic E-state index is 5.86. The predicted molar refractivity (Wildman–Crippen MR) is 89.5 cm³/mol. The zero-order valence-electron chi connectivity index (χ0n) is 12.8. The molecule has 6 heteroatoms. The maximum absolute atomic E-state index is 5.86. The Kier molecular flexibility index (Phi) is 26.2. The molecule has 0 radical (unpaired) electrons. The molecule has 0 spiro atoms. The van der Waals surface area contributed by atoms with E-state index in [1.54, 1.807) is 7.05 Å². The van der Waals surface area contributed by atoms with Crippen molar-refractivity contribution in [2.75, 3.05) is 27.7 Å². The molecule has 0 fully saturated rings. The molecular weight excluding hydrogens is 258 g/mol. The fourth-order valence-corrected chi connectivity index (χ4v) is 1.49. The van der Waals surface area contributed by atoms with E-state index < -0.39 is 0 Å². The Hall–Kier alpha value is -1.40. The van der Waals surface area contributed by atoms with Gasteiger partial charge in [0.1, 0.15) is 0 Å². The summed E-state index contributed by atoms with van der Waals surface area (Å²) in [5.41, 5.74) is 9.12. The van der Waals surface area contributed by atoms with Gasteiger partial charge in [-0.3, -0.25) is 10.4 Å². The molecule has 0 saturated heterocycles. The summed E-state index contributed by atoms with van der Waals surface area (Å²) in [5, 5.41) is 7.99. The summed E-state index contributed by atoms with van der Waals surface area (Å²) in [5.74, 6) is 0. The summed E-state index contributed by atoms with van der Waals surface area (Å²) in [4.78, 5) is 7.08. The maximum Gasteiger partial charge on any atom is 0.0794 e. The first-order chi connectivity index (χ1) is 9.12. The van der Waals surface area contributed by atoms with Crippen molar-refractivity contribution in [3.63, 3.8) is 0 Å². The molecule has 1 heterocycles. The lowest BCUT2D eigenvalue weighted by Gasteiger charge is -2.06. The third-order valence-electron chi connectivity index (χ3n) is 1.53. The van der Waals surface area contributed by atoms with Gasteiger partial charge in [-0.2, -0.15) is 0 Å². The summed E-state index contributed by atoms with van der Waals surface area (Å²) in [6.45, 7) is 5.15. The van der Waals surface area contributed by atoms with Crippen LogP contribution in [0, 0.1) is 5.41 Å². The van der Waals surface area contributed by atoms with E-state index in [0.717, 1.165) is 12.9 Å². The minimum Gasteiger partial charge on any atom is -0.390 e. The van der Waals surface area contributed by atoms with Gasteiger partial charge in [0.25, 0.3) is 0 Å². The van der Waals surface area contributed by atoms with Gasteiger partial charge in [0.05, 0.1) is 12.7 Å². The zero-order chi connectivity index (χ0) is 15.5. The molecule has 1 aromatic rings. The lowest BCUT2D eigenvalue weighted by molar-refractivity contribution is 0.415. The molecule has 0 aliphatic heterocycles. The highest BCUT2D eigenvalue weighted by Crippen LogP contribution is 2.08. The van der Waals surface area contributed by atoms with Gasteiger partial charge in [-0.1, -0.05) is 19.9 Å². The van der Waals surface area contributed by atoms with Gasteiger partial charge >= 0.3 is 0 Å². The van der Waals surface area contributed by atoms with E-state index in [1.165, 1.54) is 17.6 Å². The highest BCUT2D eigenvalue weighted by molar-refractivity contribution is 7.09. The molecule has 0 amide bonds. The number of aliphatic imine (C=N–C) groups is 1. The van der Waals surface area contributed by atoms with E-state index in [2.05, 4.69) is 47.2 Å². The lowest BCUT2D eigenvalue weighted by atomic mass is 10.3. The average molecular weight is 287 g/mol. The summed E-state index contributed by atoms with van der Waals surface area (Å²) >= 11 is 1.84. The van der Waals surface area contributed by atoms with Gasteiger partial charge in [0.15, 0.2) is 0 Å². The van der Waals surface area contributed by atoms with Gasteiger partial charge in [0.2, 0.25) is 0 Å². The first-order valence-corrected chi connectivity index (χ1v) is 7.00. The molecule has 112 valence electrons. The zero-order valence-corrected chi connectivity index (χ0v) is 13.6. The van der Waals surface area contributed by atoms with Crippen molar-refractivity contribution in [3.05, 3.63) is 22.4 Å². The highest BCUT2D eigenvalue weighted by Gasteiger charge is 1.93. The van der Waals surface area contributed by atoms with Gasteiger partial charge in [-0.25, -0.2) is 0 Å². The largest absolute Gasteiger partial charge is 0.390 e. The number of likely N-dealkylation sites (N-methyl/N-ethyl adjacent to an activating group) is 1. The Morgan fingerprint density at radius 1 is 1.37 bits per heavy atom. The molecule has 19 heavy (non-hydrogen) atoms. The quantitative estimate of drug-likeness (QED) is 0.587. The van der Waals surface area contributed by atoms with Crippen LogP contribution in [0.4, 0.5) is 0 Å². The summed E-state index contributed by atoms with van der Waals surface area (Å²) in [6, 6.07) is 4.30. The molecule has 0 atom stereocenters. The number of nitrogens with zero attached hydrogens (tertiary/aromatic N) is 2. The highest BCUT2D eigenvalue weighted by atomic mass is 32.1. The van der Waals surface area contributed by atoms with Crippen LogP contribution in [-0.2, 0) is 6.42 Å². The SMILES string of the molecule is CC.CN(C)CCc1cccs1.CN=CN.N=CN. The minimum atomic E-state index is 0.750. The summed E-state index contributed by atoms with van der Waals surface area (Å²) in [6.07, 6.45) is 3.19. The number of hydrogen-bond acceptors (Lipinski definition) is 4. The van der Waals surface area contributed by atoms with Crippen LogP contribution in [0.5, 0.6) is 0 Å². The van der Waals surface area contributed by atoms with Crippen LogP contribution < -0.4 is 11.5 Å². The second-order valence-corrected chi connectivity index (χ2v) is 4.24. The van der Waals surface area contributed by atoms with Crippen molar-refractivity contribution >= 4 is 24.0 Å². The van der Waals surface area contributed by atoms with Crippen molar-refractivity contribution in [1.29, 1.82) is 5.41 Å². The van der Waals surface area contributed by atoms with E-state index in [9.17, 15) is 0 Å². The van der Waals surface area contributed by atoms with E-state index in [0.29, 0.717) is 0 Å².